The van der Waals surface area contributed by atoms with Gasteiger partial charge in [-0.2, -0.15) is 0 Å². The summed E-state index contributed by atoms with van der Waals surface area (Å²) >= 11 is 0. The van der Waals surface area contributed by atoms with Crippen LogP contribution in [0.2, 0.25) is 0 Å². The third-order valence-electron chi connectivity index (χ3n) is 3.02. The summed E-state index contributed by atoms with van der Waals surface area (Å²) in [6.07, 6.45) is 7.85. The lowest BCUT2D eigenvalue weighted by molar-refractivity contribution is -0.142. The summed E-state index contributed by atoms with van der Waals surface area (Å²) in [5, 5.41) is 9.13. The largest absolute Gasteiger partial charge is 0.481 e. The molecule has 0 bridgehead atoms. The minimum absolute atomic E-state index is 0.372. The van der Waals surface area contributed by atoms with E-state index in [4.69, 9.17) is 10.8 Å². The van der Waals surface area contributed by atoms with Crippen molar-refractivity contribution in [3.8, 4) is 0 Å². The number of hydrogen-bond donors (Lipinski definition) is 2. The van der Waals surface area contributed by atoms with Crippen molar-refractivity contribution < 1.29 is 9.90 Å². The molecule has 1 rings (SSSR count). The second-order valence-electron chi connectivity index (χ2n) is 4.63. The summed E-state index contributed by atoms with van der Waals surface area (Å²) in [5.74, 6) is -1.13. The van der Waals surface area contributed by atoms with Gasteiger partial charge in [0.05, 0.1) is 17.9 Å². The molecule has 1 atom stereocenters. The highest BCUT2D eigenvalue weighted by atomic mass is 16.4. The van der Waals surface area contributed by atoms with E-state index in [9.17, 15) is 4.79 Å². The van der Waals surface area contributed by atoms with Crippen molar-refractivity contribution in [2.75, 3.05) is 6.54 Å². The van der Waals surface area contributed by atoms with Crippen LogP contribution in [-0.4, -0.2) is 27.2 Å². The van der Waals surface area contributed by atoms with Crippen molar-refractivity contribution in [1.29, 1.82) is 0 Å². The van der Waals surface area contributed by atoms with E-state index in [1.54, 1.807) is 6.33 Å². The Kier molecular flexibility index (Phi) is 6.43. The minimum atomic E-state index is -0.758. The number of carboxylic acids is 1. The van der Waals surface area contributed by atoms with Gasteiger partial charge in [-0.15, -0.1) is 0 Å². The Bertz CT molecular complexity index is 363. The van der Waals surface area contributed by atoms with E-state index < -0.39 is 5.97 Å². The van der Waals surface area contributed by atoms with Gasteiger partial charge in [-0.25, -0.2) is 4.98 Å². The molecule has 0 saturated heterocycles. The first-order chi connectivity index (χ1) is 8.67. The van der Waals surface area contributed by atoms with Crippen molar-refractivity contribution in [3.05, 3.63) is 18.2 Å². The molecule has 0 radical (unpaired) electrons. The van der Waals surface area contributed by atoms with Gasteiger partial charge in [0.25, 0.3) is 0 Å². The number of aromatic nitrogens is 2. The molecule has 0 aromatic carbocycles. The lowest BCUT2D eigenvalue weighted by Crippen LogP contribution is -2.18. The van der Waals surface area contributed by atoms with Crippen molar-refractivity contribution >= 4 is 5.97 Å². The molecule has 1 aromatic heterocycles. The van der Waals surface area contributed by atoms with E-state index in [2.05, 4.69) is 11.9 Å². The highest BCUT2D eigenvalue weighted by Crippen LogP contribution is 2.13. The number of carbonyl (C=O) groups is 1. The molecule has 0 unspecified atom stereocenters. The molecule has 0 aliphatic heterocycles. The summed E-state index contributed by atoms with van der Waals surface area (Å²) in [6, 6.07) is 0. The Morgan fingerprint density at radius 2 is 2.33 bits per heavy atom. The molecule has 1 aromatic rings. The molecule has 18 heavy (non-hydrogen) atoms. The number of hydrogen-bond acceptors (Lipinski definition) is 3. The summed E-state index contributed by atoms with van der Waals surface area (Å²) in [4.78, 5) is 15.4. The van der Waals surface area contributed by atoms with Crippen molar-refractivity contribution in [1.82, 2.24) is 9.55 Å². The fourth-order valence-electron chi connectivity index (χ4n) is 1.90. The summed E-state index contributed by atoms with van der Waals surface area (Å²) in [6.45, 7) is 3.63. The van der Waals surface area contributed by atoms with Gasteiger partial charge in [0.15, 0.2) is 0 Å². The van der Waals surface area contributed by atoms with Crippen LogP contribution in [0.1, 0.15) is 38.3 Å². The first-order valence-electron chi connectivity index (χ1n) is 6.60. The van der Waals surface area contributed by atoms with Crippen LogP contribution >= 0.6 is 0 Å². The Morgan fingerprint density at radius 3 is 2.94 bits per heavy atom. The SMILES string of the molecule is CCCCn1cnc(C[C@H](CCCN)C(=O)O)c1. The number of aryl methyl sites for hydroxylation is 1. The third kappa shape index (κ3) is 4.87. The zero-order chi connectivity index (χ0) is 13.4. The topological polar surface area (TPSA) is 81.1 Å². The van der Waals surface area contributed by atoms with Gasteiger partial charge in [-0.05, 0) is 25.8 Å². The van der Waals surface area contributed by atoms with Gasteiger partial charge in [0.2, 0.25) is 0 Å². The van der Waals surface area contributed by atoms with E-state index >= 15 is 0 Å². The predicted octanol–water partition coefficient (Wildman–Crippen LogP) is 1.67. The highest BCUT2D eigenvalue weighted by molar-refractivity contribution is 5.70. The zero-order valence-corrected chi connectivity index (χ0v) is 11.0. The van der Waals surface area contributed by atoms with Crippen LogP contribution in [0.25, 0.3) is 0 Å². The lowest BCUT2D eigenvalue weighted by Gasteiger charge is -2.09. The lowest BCUT2D eigenvalue weighted by atomic mass is 9.98. The molecule has 0 amide bonds. The van der Waals surface area contributed by atoms with Gasteiger partial charge in [0, 0.05) is 19.2 Å². The van der Waals surface area contributed by atoms with Gasteiger partial charge in [-0.1, -0.05) is 13.3 Å². The van der Waals surface area contributed by atoms with Gasteiger partial charge in [-0.3, -0.25) is 4.79 Å². The Balaban J connectivity index is 2.52. The van der Waals surface area contributed by atoms with E-state index in [0.29, 0.717) is 19.4 Å². The molecule has 0 aliphatic rings. The molecule has 1 heterocycles. The first-order valence-corrected chi connectivity index (χ1v) is 6.60. The van der Waals surface area contributed by atoms with Crippen LogP contribution in [0.5, 0.6) is 0 Å². The van der Waals surface area contributed by atoms with Gasteiger partial charge >= 0.3 is 5.97 Å². The summed E-state index contributed by atoms with van der Waals surface area (Å²) in [5.41, 5.74) is 6.27. The van der Waals surface area contributed by atoms with Crippen LogP contribution in [0.15, 0.2) is 12.5 Å². The zero-order valence-electron chi connectivity index (χ0n) is 11.0. The molecule has 0 spiro atoms. The maximum atomic E-state index is 11.1. The maximum absolute atomic E-state index is 11.1. The number of carboxylic acid groups (broad SMARTS) is 1. The van der Waals surface area contributed by atoms with E-state index in [1.165, 1.54) is 0 Å². The van der Waals surface area contributed by atoms with Crippen LogP contribution in [-0.2, 0) is 17.8 Å². The molecule has 5 heteroatoms. The molecule has 0 saturated carbocycles. The molecule has 0 fully saturated rings. The van der Waals surface area contributed by atoms with Crippen molar-refractivity contribution in [2.24, 2.45) is 11.7 Å². The van der Waals surface area contributed by atoms with Gasteiger partial charge in [0.1, 0.15) is 0 Å². The number of rotatable bonds is 9. The number of unbranched alkanes of at least 4 members (excludes halogenated alkanes) is 1. The second-order valence-corrected chi connectivity index (χ2v) is 4.63. The molecular weight excluding hydrogens is 230 g/mol. The Morgan fingerprint density at radius 1 is 1.56 bits per heavy atom. The third-order valence-corrected chi connectivity index (χ3v) is 3.02. The maximum Gasteiger partial charge on any atom is 0.306 e. The van der Waals surface area contributed by atoms with Crippen LogP contribution in [0.3, 0.4) is 0 Å². The normalized spacial score (nSPS) is 12.6. The van der Waals surface area contributed by atoms with Crippen molar-refractivity contribution in [2.45, 2.75) is 45.6 Å². The predicted molar refractivity (Wildman–Crippen MR) is 70.3 cm³/mol. The van der Waals surface area contributed by atoms with Crippen molar-refractivity contribution in [3.63, 3.8) is 0 Å². The Labute approximate surface area is 108 Å². The fraction of sp³-hybridized carbons (Fsp3) is 0.692. The second kappa shape index (κ2) is 7.87. The van der Waals surface area contributed by atoms with E-state index in [-0.39, 0.29) is 5.92 Å². The highest BCUT2D eigenvalue weighted by Gasteiger charge is 2.18. The number of imidazole rings is 1. The van der Waals surface area contributed by atoms with E-state index in [1.807, 2.05) is 10.8 Å². The smallest absolute Gasteiger partial charge is 0.306 e. The quantitative estimate of drug-likeness (QED) is 0.701. The van der Waals surface area contributed by atoms with Gasteiger partial charge < -0.3 is 15.4 Å². The fourth-order valence-corrected chi connectivity index (χ4v) is 1.90. The number of nitrogens with zero attached hydrogens (tertiary/aromatic N) is 2. The number of aliphatic carboxylic acids is 1. The van der Waals surface area contributed by atoms with Crippen LogP contribution in [0.4, 0.5) is 0 Å². The summed E-state index contributed by atoms with van der Waals surface area (Å²) in [7, 11) is 0. The van der Waals surface area contributed by atoms with E-state index in [0.717, 1.165) is 31.5 Å². The molecule has 102 valence electrons. The average Bonchev–Trinajstić information content (AvgIpc) is 2.79. The first kappa shape index (κ1) is 14.7. The average molecular weight is 253 g/mol. The van der Waals surface area contributed by atoms with Crippen LogP contribution in [0, 0.1) is 5.92 Å². The minimum Gasteiger partial charge on any atom is -0.481 e. The molecular formula is C13H23N3O2. The summed E-state index contributed by atoms with van der Waals surface area (Å²) < 4.78 is 2.03. The number of nitrogens with two attached hydrogens (primary N) is 1. The Hall–Kier alpha value is -1.36. The molecule has 3 N–H and O–H groups in total. The molecule has 0 aliphatic carbocycles. The standard InChI is InChI=1S/C13H23N3O2/c1-2-3-7-16-9-12(15-10-16)8-11(13(17)18)5-4-6-14/h9-11H,2-8,14H2,1H3,(H,17,18)/t11-/m0/s1. The monoisotopic (exact) mass is 253 g/mol. The van der Waals surface area contributed by atoms with Crippen LogP contribution < -0.4 is 5.73 Å². The molecule has 5 nitrogen and oxygen atoms in total.